The lowest BCUT2D eigenvalue weighted by molar-refractivity contribution is 0.0199. The Morgan fingerprint density at radius 2 is 1.86 bits per heavy atom. The van der Waals surface area contributed by atoms with Gasteiger partial charge in [-0.3, -0.25) is 4.79 Å². The van der Waals surface area contributed by atoms with Crippen molar-refractivity contribution in [2.24, 2.45) is 0 Å². The molecule has 2 aromatic rings. The molecule has 0 radical (unpaired) electrons. The summed E-state index contributed by atoms with van der Waals surface area (Å²) in [7, 11) is 0. The minimum absolute atomic E-state index is 0.0202. The highest BCUT2D eigenvalue weighted by Crippen LogP contribution is 2.25. The number of benzene rings is 1. The third-order valence-corrected chi connectivity index (χ3v) is 5.45. The fourth-order valence-corrected chi connectivity index (χ4v) is 3.83. The van der Waals surface area contributed by atoms with Crippen molar-refractivity contribution in [3.63, 3.8) is 0 Å². The number of rotatable bonds is 3. The summed E-state index contributed by atoms with van der Waals surface area (Å²) in [6.45, 7) is 6.68. The van der Waals surface area contributed by atoms with Crippen LogP contribution >= 0.6 is 22.9 Å². The number of piperidine rings is 1. The molecule has 1 aliphatic heterocycles. The van der Waals surface area contributed by atoms with Gasteiger partial charge in [-0.1, -0.05) is 23.7 Å². The number of thiazole rings is 1. The van der Waals surface area contributed by atoms with Crippen LogP contribution in [0.5, 0.6) is 0 Å². The number of nitrogens with one attached hydrogen (secondary N) is 1. The van der Waals surface area contributed by atoms with Gasteiger partial charge in [-0.25, -0.2) is 9.78 Å². The minimum atomic E-state index is -0.505. The Hall–Kier alpha value is -2.12. The summed E-state index contributed by atoms with van der Waals surface area (Å²) >= 11 is 7.33. The first-order valence-electron chi connectivity index (χ1n) is 9.21. The highest BCUT2D eigenvalue weighted by atomic mass is 35.5. The second-order valence-electron chi connectivity index (χ2n) is 7.76. The molecule has 6 nitrogen and oxygen atoms in total. The van der Waals surface area contributed by atoms with Crippen LogP contribution in [0, 0.1) is 0 Å². The van der Waals surface area contributed by atoms with Crippen LogP contribution in [0.3, 0.4) is 0 Å². The van der Waals surface area contributed by atoms with Gasteiger partial charge in [-0.05, 0) is 45.7 Å². The topological polar surface area (TPSA) is 71.5 Å². The molecule has 150 valence electrons. The van der Waals surface area contributed by atoms with Crippen LogP contribution in [0.2, 0.25) is 5.02 Å². The standard InChI is InChI=1S/C20H24ClN3O3S/c1-20(2,3)27-19(26)24-10-8-15(9-11-24)22-17(25)16-12-28-18(23-16)13-4-6-14(21)7-5-13/h4-7,12,15H,8-11H2,1-3H3,(H,22,25). The van der Waals surface area contributed by atoms with Crippen LogP contribution in [-0.4, -0.2) is 46.6 Å². The van der Waals surface area contributed by atoms with Gasteiger partial charge >= 0.3 is 6.09 Å². The summed E-state index contributed by atoms with van der Waals surface area (Å²) in [5, 5.41) is 6.22. The molecule has 8 heteroatoms. The first-order valence-corrected chi connectivity index (χ1v) is 10.5. The van der Waals surface area contributed by atoms with Gasteiger partial charge in [0, 0.05) is 35.1 Å². The summed E-state index contributed by atoms with van der Waals surface area (Å²) in [6, 6.07) is 7.39. The number of carbonyl (C=O) groups excluding carboxylic acids is 2. The fraction of sp³-hybridized carbons (Fsp3) is 0.450. The van der Waals surface area contributed by atoms with Crippen LogP contribution in [0.15, 0.2) is 29.6 Å². The van der Waals surface area contributed by atoms with E-state index in [4.69, 9.17) is 16.3 Å². The van der Waals surface area contributed by atoms with Crippen LogP contribution in [0.1, 0.15) is 44.1 Å². The van der Waals surface area contributed by atoms with Crippen molar-refractivity contribution in [3.05, 3.63) is 40.4 Å². The molecule has 28 heavy (non-hydrogen) atoms. The summed E-state index contributed by atoms with van der Waals surface area (Å²) in [5.74, 6) is -0.188. The van der Waals surface area contributed by atoms with Crippen molar-refractivity contribution in [2.45, 2.75) is 45.3 Å². The van der Waals surface area contributed by atoms with E-state index in [2.05, 4.69) is 10.3 Å². The van der Waals surface area contributed by atoms with E-state index in [1.807, 2.05) is 32.9 Å². The van der Waals surface area contributed by atoms with Crippen LogP contribution in [0.4, 0.5) is 4.79 Å². The van der Waals surface area contributed by atoms with Crippen LogP contribution < -0.4 is 5.32 Å². The lowest BCUT2D eigenvalue weighted by Crippen LogP contribution is -2.47. The quantitative estimate of drug-likeness (QED) is 0.786. The van der Waals surface area contributed by atoms with E-state index in [1.165, 1.54) is 11.3 Å². The number of halogens is 1. The molecular formula is C20H24ClN3O3S. The fourth-order valence-electron chi connectivity index (χ4n) is 2.90. The van der Waals surface area contributed by atoms with E-state index in [-0.39, 0.29) is 18.0 Å². The van der Waals surface area contributed by atoms with Gasteiger partial charge in [0.1, 0.15) is 16.3 Å². The van der Waals surface area contributed by atoms with Gasteiger partial charge in [-0.2, -0.15) is 0 Å². The van der Waals surface area contributed by atoms with Crippen molar-refractivity contribution >= 4 is 34.9 Å². The number of nitrogens with zero attached hydrogens (tertiary/aromatic N) is 2. The van der Waals surface area contributed by atoms with Crippen molar-refractivity contribution in [3.8, 4) is 10.6 Å². The Labute approximate surface area is 173 Å². The van der Waals surface area contributed by atoms with E-state index < -0.39 is 5.60 Å². The van der Waals surface area contributed by atoms with E-state index >= 15 is 0 Å². The average Bonchev–Trinajstić information content (AvgIpc) is 3.12. The maximum absolute atomic E-state index is 12.5. The van der Waals surface area contributed by atoms with Gasteiger partial charge in [0.25, 0.3) is 5.91 Å². The van der Waals surface area contributed by atoms with E-state index in [9.17, 15) is 9.59 Å². The summed E-state index contributed by atoms with van der Waals surface area (Å²) < 4.78 is 5.40. The molecule has 2 amide bonds. The molecule has 1 aromatic carbocycles. The monoisotopic (exact) mass is 421 g/mol. The molecule has 1 N–H and O–H groups in total. The zero-order chi connectivity index (χ0) is 20.3. The number of aromatic nitrogens is 1. The Morgan fingerprint density at radius 3 is 2.46 bits per heavy atom. The van der Waals surface area contributed by atoms with E-state index in [1.54, 1.807) is 22.4 Å². The molecule has 0 atom stereocenters. The summed E-state index contributed by atoms with van der Waals surface area (Å²) in [6.07, 6.45) is 1.09. The number of ether oxygens (including phenoxy) is 1. The molecular weight excluding hydrogens is 398 g/mol. The molecule has 0 saturated carbocycles. The maximum Gasteiger partial charge on any atom is 0.410 e. The van der Waals surface area contributed by atoms with Crippen LogP contribution in [0.25, 0.3) is 10.6 Å². The zero-order valence-corrected chi connectivity index (χ0v) is 17.8. The van der Waals surface area contributed by atoms with Gasteiger partial charge < -0.3 is 15.0 Å². The Morgan fingerprint density at radius 1 is 1.21 bits per heavy atom. The largest absolute Gasteiger partial charge is 0.444 e. The minimum Gasteiger partial charge on any atom is -0.444 e. The van der Waals surface area contributed by atoms with Gasteiger partial charge in [-0.15, -0.1) is 11.3 Å². The molecule has 0 bridgehead atoms. The van der Waals surface area contributed by atoms with Gasteiger partial charge in [0.2, 0.25) is 0 Å². The average molecular weight is 422 g/mol. The van der Waals surface area contributed by atoms with Crippen molar-refractivity contribution in [1.29, 1.82) is 0 Å². The molecule has 2 heterocycles. The molecule has 0 spiro atoms. The lowest BCUT2D eigenvalue weighted by Gasteiger charge is -2.33. The predicted octanol–water partition coefficient (Wildman–Crippen LogP) is 4.59. The van der Waals surface area contributed by atoms with Crippen LogP contribution in [-0.2, 0) is 4.74 Å². The van der Waals surface area contributed by atoms with E-state index in [0.717, 1.165) is 10.6 Å². The molecule has 1 aliphatic rings. The zero-order valence-electron chi connectivity index (χ0n) is 16.2. The highest BCUT2D eigenvalue weighted by Gasteiger charge is 2.28. The molecule has 3 rings (SSSR count). The number of hydrogen-bond donors (Lipinski definition) is 1. The second kappa shape index (κ2) is 8.49. The number of carbonyl (C=O) groups is 2. The third kappa shape index (κ3) is 5.45. The molecule has 1 aromatic heterocycles. The van der Waals surface area contributed by atoms with Crippen molar-refractivity contribution in [2.75, 3.05) is 13.1 Å². The Bertz CT molecular complexity index is 837. The number of likely N-dealkylation sites (tertiary alicyclic amines) is 1. The second-order valence-corrected chi connectivity index (χ2v) is 9.05. The Balaban J connectivity index is 1.52. The highest BCUT2D eigenvalue weighted by molar-refractivity contribution is 7.13. The van der Waals surface area contributed by atoms with Gasteiger partial charge in [0.15, 0.2) is 0 Å². The molecule has 0 unspecified atom stereocenters. The Kier molecular flexibility index (Phi) is 6.25. The summed E-state index contributed by atoms with van der Waals surface area (Å²) in [4.78, 5) is 30.8. The van der Waals surface area contributed by atoms with E-state index in [0.29, 0.717) is 36.6 Å². The van der Waals surface area contributed by atoms with Gasteiger partial charge in [0.05, 0.1) is 0 Å². The normalized spacial score (nSPS) is 15.4. The lowest BCUT2D eigenvalue weighted by atomic mass is 10.1. The summed E-state index contributed by atoms with van der Waals surface area (Å²) in [5.41, 5.74) is 0.831. The molecule has 1 saturated heterocycles. The first kappa shape index (κ1) is 20.6. The number of amides is 2. The first-order chi connectivity index (χ1) is 13.2. The predicted molar refractivity (Wildman–Crippen MR) is 111 cm³/mol. The molecule has 1 fully saturated rings. The third-order valence-electron chi connectivity index (χ3n) is 4.31. The smallest absolute Gasteiger partial charge is 0.410 e. The van der Waals surface area contributed by atoms with Crippen molar-refractivity contribution < 1.29 is 14.3 Å². The van der Waals surface area contributed by atoms with Crippen molar-refractivity contribution in [1.82, 2.24) is 15.2 Å². The molecule has 0 aliphatic carbocycles. The maximum atomic E-state index is 12.5. The number of hydrogen-bond acceptors (Lipinski definition) is 5. The SMILES string of the molecule is CC(C)(C)OC(=O)N1CCC(NC(=O)c2csc(-c3ccc(Cl)cc3)n2)CC1.